The summed E-state index contributed by atoms with van der Waals surface area (Å²) in [7, 11) is -3.74. The highest BCUT2D eigenvalue weighted by molar-refractivity contribution is 9.10. The van der Waals surface area contributed by atoms with Crippen LogP contribution in [0.25, 0.3) is 0 Å². The summed E-state index contributed by atoms with van der Waals surface area (Å²) >= 11 is 3.43. The molecule has 0 aliphatic carbocycles. The van der Waals surface area contributed by atoms with Gasteiger partial charge in [-0.05, 0) is 42.8 Å². The van der Waals surface area contributed by atoms with Crippen molar-refractivity contribution in [3.63, 3.8) is 0 Å². The molecule has 0 saturated heterocycles. The average Bonchev–Trinajstić information content (AvgIpc) is 2.39. The Hall–Kier alpha value is -1.57. The quantitative estimate of drug-likeness (QED) is 0.721. The highest BCUT2D eigenvalue weighted by Gasteiger charge is 2.12. The van der Waals surface area contributed by atoms with Crippen LogP contribution < -0.4 is 16.2 Å². The maximum Gasteiger partial charge on any atom is 0.238 e. The molecule has 21 heavy (non-hydrogen) atoms. The summed E-state index contributed by atoms with van der Waals surface area (Å²) < 4.78 is 23.5. The Morgan fingerprint density at radius 3 is 2.48 bits per heavy atom. The van der Waals surface area contributed by atoms with Crippen LogP contribution in [0.3, 0.4) is 0 Å². The molecule has 5 N–H and O–H groups in total. The molecule has 1 unspecified atom stereocenters. The van der Waals surface area contributed by atoms with Gasteiger partial charge in [-0.25, -0.2) is 13.6 Å². The van der Waals surface area contributed by atoms with Crippen LogP contribution in [-0.4, -0.2) is 8.42 Å². The standard InChI is InChI=1S/C14H16BrN3O2S/c1-9(10-3-2-4-11(15)7-10)18-14-6-5-12(8-13(14)16)21(17,19)20/h2-9,18H,16H2,1H3,(H2,17,19,20). The van der Waals surface area contributed by atoms with E-state index in [0.29, 0.717) is 11.4 Å². The van der Waals surface area contributed by atoms with Gasteiger partial charge in [0, 0.05) is 10.5 Å². The number of halogens is 1. The molecule has 0 aliphatic rings. The molecule has 0 aromatic heterocycles. The number of nitrogens with two attached hydrogens (primary N) is 2. The van der Waals surface area contributed by atoms with Gasteiger partial charge in [-0.2, -0.15) is 0 Å². The third kappa shape index (κ3) is 3.96. The van der Waals surface area contributed by atoms with Crippen LogP contribution in [0.15, 0.2) is 51.8 Å². The Labute approximate surface area is 132 Å². The molecule has 5 nitrogen and oxygen atoms in total. The summed E-state index contributed by atoms with van der Waals surface area (Å²) in [4.78, 5) is 0.000610. The topological polar surface area (TPSA) is 98.2 Å². The number of hydrogen-bond donors (Lipinski definition) is 3. The molecule has 0 saturated carbocycles. The fourth-order valence-corrected chi connectivity index (χ4v) is 2.91. The van der Waals surface area contributed by atoms with Crippen molar-refractivity contribution in [2.45, 2.75) is 17.9 Å². The number of primary sulfonamides is 1. The SMILES string of the molecule is CC(Nc1ccc(S(N)(=O)=O)cc1N)c1cccc(Br)c1. The van der Waals surface area contributed by atoms with Crippen LogP contribution in [-0.2, 0) is 10.0 Å². The summed E-state index contributed by atoms with van der Waals surface area (Å²) in [5, 5.41) is 8.33. The molecule has 0 radical (unpaired) electrons. The van der Waals surface area contributed by atoms with E-state index in [4.69, 9.17) is 10.9 Å². The second-order valence-corrected chi connectivity index (χ2v) is 7.19. The molecular formula is C14H16BrN3O2S. The number of rotatable bonds is 4. The average molecular weight is 370 g/mol. The first kappa shape index (κ1) is 15.8. The van der Waals surface area contributed by atoms with Gasteiger partial charge in [0.05, 0.1) is 16.3 Å². The van der Waals surface area contributed by atoms with Gasteiger partial charge >= 0.3 is 0 Å². The molecule has 0 amide bonds. The lowest BCUT2D eigenvalue weighted by atomic mass is 10.1. The molecule has 2 aromatic rings. The van der Waals surface area contributed by atoms with E-state index in [1.54, 1.807) is 6.07 Å². The van der Waals surface area contributed by atoms with E-state index in [0.717, 1.165) is 10.0 Å². The summed E-state index contributed by atoms with van der Waals surface area (Å²) in [6.07, 6.45) is 0. The minimum absolute atomic E-state index is 0.000610. The van der Waals surface area contributed by atoms with Gasteiger partial charge < -0.3 is 11.1 Å². The van der Waals surface area contributed by atoms with Crippen molar-refractivity contribution in [1.29, 1.82) is 0 Å². The second-order valence-electron chi connectivity index (χ2n) is 4.72. The van der Waals surface area contributed by atoms with Crippen molar-refractivity contribution in [3.05, 3.63) is 52.5 Å². The highest BCUT2D eigenvalue weighted by atomic mass is 79.9. The number of benzene rings is 2. The molecule has 0 aliphatic heterocycles. The predicted octanol–water partition coefficient (Wildman–Crippen LogP) is 2.85. The van der Waals surface area contributed by atoms with Crippen molar-refractivity contribution >= 4 is 37.3 Å². The van der Waals surface area contributed by atoms with Crippen LogP contribution in [0.4, 0.5) is 11.4 Å². The molecule has 7 heteroatoms. The number of hydrogen-bond acceptors (Lipinski definition) is 4. The van der Waals surface area contributed by atoms with Gasteiger partial charge in [0.2, 0.25) is 10.0 Å². The van der Waals surface area contributed by atoms with Gasteiger partial charge in [0.1, 0.15) is 0 Å². The minimum atomic E-state index is -3.74. The van der Waals surface area contributed by atoms with Crippen LogP contribution in [0.1, 0.15) is 18.5 Å². The molecular weight excluding hydrogens is 354 g/mol. The first-order chi connectivity index (χ1) is 9.77. The summed E-state index contributed by atoms with van der Waals surface area (Å²) in [5.41, 5.74) is 7.96. The lowest BCUT2D eigenvalue weighted by Crippen LogP contribution is -2.13. The summed E-state index contributed by atoms with van der Waals surface area (Å²) in [6, 6.07) is 12.3. The van der Waals surface area contributed by atoms with Crippen molar-refractivity contribution in [3.8, 4) is 0 Å². The van der Waals surface area contributed by atoms with Crippen LogP contribution in [0.5, 0.6) is 0 Å². The summed E-state index contributed by atoms with van der Waals surface area (Å²) in [6.45, 7) is 1.99. The third-order valence-electron chi connectivity index (χ3n) is 3.07. The zero-order valence-corrected chi connectivity index (χ0v) is 13.8. The van der Waals surface area contributed by atoms with E-state index in [1.807, 2.05) is 31.2 Å². The van der Waals surface area contributed by atoms with E-state index < -0.39 is 10.0 Å². The Morgan fingerprint density at radius 2 is 1.90 bits per heavy atom. The smallest absolute Gasteiger partial charge is 0.238 e. The molecule has 0 fully saturated rings. The third-order valence-corrected chi connectivity index (χ3v) is 4.48. The molecule has 2 aromatic carbocycles. The first-order valence-corrected chi connectivity index (χ1v) is 8.55. The molecule has 112 valence electrons. The minimum Gasteiger partial charge on any atom is -0.397 e. The van der Waals surface area contributed by atoms with Crippen molar-refractivity contribution in [2.24, 2.45) is 5.14 Å². The Morgan fingerprint density at radius 1 is 1.19 bits per heavy atom. The fraction of sp³-hybridized carbons (Fsp3) is 0.143. The number of sulfonamides is 1. The highest BCUT2D eigenvalue weighted by Crippen LogP contribution is 2.27. The normalized spacial score (nSPS) is 12.9. The molecule has 1 atom stereocenters. The zero-order valence-electron chi connectivity index (χ0n) is 11.4. The van der Waals surface area contributed by atoms with Gasteiger partial charge in [0.25, 0.3) is 0 Å². The van der Waals surface area contributed by atoms with Crippen LogP contribution in [0, 0.1) is 0 Å². The Balaban J connectivity index is 2.24. The van der Waals surface area contributed by atoms with Crippen molar-refractivity contribution < 1.29 is 8.42 Å². The maximum atomic E-state index is 11.3. The van der Waals surface area contributed by atoms with Crippen molar-refractivity contribution in [1.82, 2.24) is 0 Å². The largest absolute Gasteiger partial charge is 0.397 e. The lowest BCUT2D eigenvalue weighted by molar-refractivity contribution is 0.598. The lowest BCUT2D eigenvalue weighted by Gasteiger charge is -2.18. The maximum absolute atomic E-state index is 11.3. The number of anilines is 2. The van der Waals surface area contributed by atoms with E-state index in [9.17, 15) is 8.42 Å². The van der Waals surface area contributed by atoms with Gasteiger partial charge in [-0.1, -0.05) is 28.1 Å². The van der Waals surface area contributed by atoms with Gasteiger partial charge in [-0.3, -0.25) is 0 Å². The van der Waals surface area contributed by atoms with Gasteiger partial charge in [-0.15, -0.1) is 0 Å². The van der Waals surface area contributed by atoms with E-state index in [1.165, 1.54) is 12.1 Å². The van der Waals surface area contributed by atoms with Gasteiger partial charge in [0.15, 0.2) is 0 Å². The monoisotopic (exact) mass is 369 g/mol. The molecule has 0 heterocycles. The Kier molecular flexibility index (Phi) is 4.55. The molecule has 0 spiro atoms. The molecule has 0 bridgehead atoms. The van der Waals surface area contributed by atoms with E-state index in [-0.39, 0.29) is 10.9 Å². The second kappa shape index (κ2) is 6.05. The fourth-order valence-electron chi connectivity index (χ4n) is 1.94. The van der Waals surface area contributed by atoms with Crippen molar-refractivity contribution in [2.75, 3.05) is 11.1 Å². The molecule has 2 rings (SSSR count). The van der Waals surface area contributed by atoms with E-state index >= 15 is 0 Å². The zero-order chi connectivity index (χ0) is 15.6. The number of nitrogens with one attached hydrogen (secondary N) is 1. The first-order valence-electron chi connectivity index (χ1n) is 6.21. The number of nitrogen functional groups attached to an aromatic ring is 1. The van der Waals surface area contributed by atoms with Crippen LogP contribution >= 0.6 is 15.9 Å². The summed E-state index contributed by atoms with van der Waals surface area (Å²) in [5.74, 6) is 0. The Bertz CT molecular complexity index is 763. The van der Waals surface area contributed by atoms with Crippen LogP contribution in [0.2, 0.25) is 0 Å². The predicted molar refractivity (Wildman–Crippen MR) is 88.4 cm³/mol. The van der Waals surface area contributed by atoms with E-state index in [2.05, 4.69) is 21.2 Å².